The lowest BCUT2D eigenvalue weighted by Crippen LogP contribution is -2.35. The molecule has 3 N–H and O–H groups in total. The highest BCUT2D eigenvalue weighted by molar-refractivity contribution is 4.56. The second kappa shape index (κ2) is 3.82. The van der Waals surface area contributed by atoms with Crippen LogP contribution in [-0.4, -0.2) is 23.5 Å². The van der Waals surface area contributed by atoms with Gasteiger partial charge in [0.2, 0.25) is 0 Å². The van der Waals surface area contributed by atoms with E-state index in [9.17, 15) is 0 Å². The summed E-state index contributed by atoms with van der Waals surface area (Å²) in [5, 5.41) is 8.95. The van der Waals surface area contributed by atoms with Gasteiger partial charge >= 0.3 is 0 Å². The van der Waals surface area contributed by atoms with Gasteiger partial charge in [-0.1, -0.05) is 0 Å². The largest absolute Gasteiger partial charge is 0.367 e. The molecule has 2 atom stereocenters. The summed E-state index contributed by atoms with van der Waals surface area (Å²) in [5.41, 5.74) is 5.31. The van der Waals surface area contributed by atoms with Crippen LogP contribution in [0.4, 0.5) is 0 Å². The summed E-state index contributed by atoms with van der Waals surface area (Å²) < 4.78 is 4.94. The highest BCUT2D eigenvalue weighted by atomic mass is 16.6. The number of ether oxygens (including phenoxy) is 1. The molecule has 0 aliphatic heterocycles. The van der Waals surface area contributed by atoms with Gasteiger partial charge in [0.1, 0.15) is 0 Å². The molecule has 0 rings (SSSR count). The zero-order chi connectivity index (χ0) is 7.44. The van der Waals surface area contributed by atoms with Crippen molar-refractivity contribution >= 4 is 0 Å². The maximum absolute atomic E-state index is 8.95. The molecule has 0 aromatic carbocycles. The lowest BCUT2D eigenvalue weighted by Gasteiger charge is -2.17. The van der Waals surface area contributed by atoms with Crippen LogP contribution in [0.25, 0.3) is 0 Å². The highest BCUT2D eigenvalue weighted by Gasteiger charge is 2.10. The molecule has 9 heavy (non-hydrogen) atoms. The van der Waals surface area contributed by atoms with E-state index in [2.05, 4.69) is 0 Å². The Morgan fingerprint density at radius 1 is 1.33 bits per heavy atom. The lowest BCUT2D eigenvalue weighted by molar-refractivity contribution is -0.134. The van der Waals surface area contributed by atoms with E-state index in [1.807, 2.05) is 13.8 Å². The highest BCUT2D eigenvalue weighted by Crippen LogP contribution is 1.96. The predicted octanol–water partition coefficient (Wildman–Crippen LogP) is 0.0770. The number of aliphatic hydroxyl groups is 1. The first-order valence-corrected chi connectivity index (χ1v) is 3.13. The molecule has 3 nitrogen and oxygen atoms in total. The first-order chi connectivity index (χ1) is 4.04. The van der Waals surface area contributed by atoms with Crippen LogP contribution in [-0.2, 0) is 4.74 Å². The maximum atomic E-state index is 8.95. The summed E-state index contributed by atoms with van der Waals surface area (Å²) in [6.07, 6.45) is -0.795. The monoisotopic (exact) mass is 133 g/mol. The number of nitrogens with two attached hydrogens (primary N) is 1. The Labute approximate surface area is 55.8 Å². The van der Waals surface area contributed by atoms with Crippen LogP contribution < -0.4 is 5.73 Å². The molecule has 0 saturated carbocycles. The van der Waals surface area contributed by atoms with E-state index in [0.717, 1.165) is 0 Å². The third-order valence-corrected chi connectivity index (χ3v) is 0.861. The minimum Gasteiger partial charge on any atom is -0.367 e. The minimum atomic E-state index is -0.829. The van der Waals surface area contributed by atoms with Crippen LogP contribution in [0.15, 0.2) is 0 Å². The zero-order valence-electron chi connectivity index (χ0n) is 6.16. The smallest absolute Gasteiger partial charge is 0.169 e. The van der Waals surface area contributed by atoms with Gasteiger partial charge in [-0.05, 0) is 20.8 Å². The molecule has 0 aromatic heterocycles. The third kappa shape index (κ3) is 4.39. The van der Waals surface area contributed by atoms with Crippen LogP contribution in [0.3, 0.4) is 0 Å². The van der Waals surface area contributed by atoms with Crippen molar-refractivity contribution in [3.05, 3.63) is 0 Å². The number of hydrogen-bond donors (Lipinski definition) is 2. The maximum Gasteiger partial charge on any atom is 0.169 e. The fourth-order valence-electron chi connectivity index (χ4n) is 0.403. The molecule has 0 fully saturated rings. The Hall–Kier alpha value is -0.120. The molecule has 0 bridgehead atoms. The van der Waals surface area contributed by atoms with Crippen molar-refractivity contribution in [3.63, 3.8) is 0 Å². The summed E-state index contributed by atoms with van der Waals surface area (Å²) in [7, 11) is 0. The Morgan fingerprint density at radius 2 is 1.78 bits per heavy atom. The molecule has 0 saturated heterocycles. The van der Waals surface area contributed by atoms with Crippen LogP contribution >= 0.6 is 0 Å². The normalized spacial score (nSPS) is 18.0. The van der Waals surface area contributed by atoms with E-state index < -0.39 is 6.29 Å². The number of rotatable bonds is 3. The van der Waals surface area contributed by atoms with Crippen LogP contribution in [0.1, 0.15) is 20.8 Å². The fourth-order valence-corrected chi connectivity index (χ4v) is 0.403. The average molecular weight is 133 g/mol. The van der Waals surface area contributed by atoms with Gasteiger partial charge in [-0.2, -0.15) is 0 Å². The third-order valence-electron chi connectivity index (χ3n) is 0.861. The predicted molar refractivity (Wildman–Crippen MR) is 35.9 cm³/mol. The first kappa shape index (κ1) is 8.88. The van der Waals surface area contributed by atoms with Crippen molar-refractivity contribution in [1.29, 1.82) is 0 Å². The minimum absolute atomic E-state index is 0.0333. The van der Waals surface area contributed by atoms with Crippen molar-refractivity contribution < 1.29 is 9.84 Å². The molecule has 0 aliphatic carbocycles. The summed E-state index contributed by atoms with van der Waals surface area (Å²) in [6, 6.07) is -0.313. The lowest BCUT2D eigenvalue weighted by atomic mass is 10.3. The van der Waals surface area contributed by atoms with Gasteiger partial charge in [0, 0.05) is 0 Å². The van der Waals surface area contributed by atoms with E-state index in [-0.39, 0.29) is 12.1 Å². The van der Waals surface area contributed by atoms with E-state index in [1.165, 1.54) is 0 Å². The van der Waals surface area contributed by atoms with Crippen LogP contribution in [0, 0.1) is 0 Å². The van der Waals surface area contributed by atoms with Gasteiger partial charge < -0.3 is 15.6 Å². The Bertz CT molecular complexity index is 73.5. The Kier molecular flexibility index (Phi) is 3.77. The number of aliphatic hydroxyl groups excluding tert-OH is 1. The molecule has 0 heterocycles. The van der Waals surface area contributed by atoms with Crippen molar-refractivity contribution in [2.75, 3.05) is 0 Å². The summed E-state index contributed by atoms with van der Waals surface area (Å²) in [6.45, 7) is 5.41. The summed E-state index contributed by atoms with van der Waals surface area (Å²) >= 11 is 0. The van der Waals surface area contributed by atoms with Crippen molar-refractivity contribution in [1.82, 2.24) is 0 Å². The van der Waals surface area contributed by atoms with Gasteiger partial charge in [-0.3, -0.25) is 0 Å². The SMILES string of the molecule is CC(C)OC(O)C(C)N. The summed E-state index contributed by atoms with van der Waals surface area (Å²) in [5.74, 6) is 0. The molecular weight excluding hydrogens is 118 g/mol. The average Bonchev–Trinajstić information content (AvgIpc) is 1.63. The van der Waals surface area contributed by atoms with Crippen molar-refractivity contribution in [2.24, 2.45) is 5.73 Å². The quantitative estimate of drug-likeness (QED) is 0.536. The van der Waals surface area contributed by atoms with Crippen molar-refractivity contribution in [3.8, 4) is 0 Å². The summed E-state index contributed by atoms with van der Waals surface area (Å²) in [4.78, 5) is 0. The molecule has 56 valence electrons. The topological polar surface area (TPSA) is 55.5 Å². The fraction of sp³-hybridized carbons (Fsp3) is 1.00. The molecule has 0 aromatic rings. The Morgan fingerprint density at radius 3 is 1.89 bits per heavy atom. The number of hydrogen-bond acceptors (Lipinski definition) is 3. The van der Waals surface area contributed by atoms with Crippen LogP contribution in [0.5, 0.6) is 0 Å². The molecule has 0 spiro atoms. The van der Waals surface area contributed by atoms with Gasteiger partial charge in [0.25, 0.3) is 0 Å². The van der Waals surface area contributed by atoms with E-state index >= 15 is 0 Å². The van der Waals surface area contributed by atoms with E-state index in [0.29, 0.717) is 0 Å². The Balaban J connectivity index is 3.38. The van der Waals surface area contributed by atoms with E-state index in [1.54, 1.807) is 6.92 Å². The van der Waals surface area contributed by atoms with E-state index in [4.69, 9.17) is 15.6 Å². The standard InChI is InChI=1S/C6H15NO2/c1-4(2)9-6(8)5(3)7/h4-6,8H,7H2,1-3H3. The first-order valence-electron chi connectivity index (χ1n) is 3.13. The molecule has 3 heteroatoms. The van der Waals surface area contributed by atoms with Gasteiger partial charge in [0.05, 0.1) is 12.1 Å². The second-order valence-electron chi connectivity index (χ2n) is 2.43. The molecular formula is C6H15NO2. The molecule has 0 aliphatic rings. The molecule has 2 unspecified atom stereocenters. The van der Waals surface area contributed by atoms with Gasteiger partial charge in [-0.25, -0.2) is 0 Å². The van der Waals surface area contributed by atoms with Gasteiger partial charge in [0.15, 0.2) is 6.29 Å². The second-order valence-corrected chi connectivity index (χ2v) is 2.43. The van der Waals surface area contributed by atoms with Gasteiger partial charge in [-0.15, -0.1) is 0 Å². The van der Waals surface area contributed by atoms with Crippen molar-refractivity contribution in [2.45, 2.75) is 39.2 Å². The molecule has 0 amide bonds. The zero-order valence-corrected chi connectivity index (χ0v) is 6.16. The van der Waals surface area contributed by atoms with Crippen LogP contribution in [0.2, 0.25) is 0 Å². The molecule has 0 radical (unpaired) electrons.